The summed E-state index contributed by atoms with van der Waals surface area (Å²) >= 11 is 7.69. The van der Waals surface area contributed by atoms with Crippen LogP contribution in [0, 0.1) is 5.82 Å². The second-order valence-electron chi connectivity index (χ2n) is 8.38. The molecule has 10 heteroatoms. The monoisotopic (exact) mass is 542 g/mol. The van der Waals surface area contributed by atoms with Gasteiger partial charge in [-0.15, -0.1) is 5.10 Å². The molecular formula is C27H28ClFN4O3S. The molecule has 0 bridgehead atoms. The van der Waals surface area contributed by atoms with Crippen molar-refractivity contribution >= 4 is 35.3 Å². The summed E-state index contributed by atoms with van der Waals surface area (Å²) in [6.07, 6.45) is 3.66. The molecule has 4 rings (SSSR count). The van der Waals surface area contributed by atoms with Crippen LogP contribution < -0.4 is 10.1 Å². The van der Waals surface area contributed by atoms with Gasteiger partial charge in [0.2, 0.25) is 11.1 Å². The summed E-state index contributed by atoms with van der Waals surface area (Å²) < 4.78 is 27.0. The third-order valence-electron chi connectivity index (χ3n) is 5.76. The van der Waals surface area contributed by atoms with Gasteiger partial charge < -0.3 is 14.8 Å². The Kier molecular flexibility index (Phi) is 8.89. The highest BCUT2D eigenvalue weighted by Crippen LogP contribution is 2.37. The molecule has 194 valence electrons. The third kappa shape index (κ3) is 6.17. The molecule has 1 atom stereocenters. The Balaban J connectivity index is 1.62. The maximum atomic E-state index is 14.1. The van der Waals surface area contributed by atoms with E-state index in [0.717, 1.165) is 24.2 Å². The van der Waals surface area contributed by atoms with E-state index in [1.54, 1.807) is 40.7 Å². The number of nitrogens with one attached hydrogen (secondary N) is 1. The van der Waals surface area contributed by atoms with Crippen LogP contribution in [-0.4, -0.2) is 33.1 Å². The number of fused-ring (bicyclic) bond motifs is 1. The quantitative estimate of drug-likeness (QED) is 0.127. The van der Waals surface area contributed by atoms with Crippen LogP contribution >= 0.6 is 23.4 Å². The molecule has 1 unspecified atom stereocenters. The minimum Gasteiger partial charge on any atom is -0.489 e. The van der Waals surface area contributed by atoms with Crippen molar-refractivity contribution in [1.82, 2.24) is 14.8 Å². The summed E-state index contributed by atoms with van der Waals surface area (Å²) in [5, 5.41) is 8.84. The number of carbonyl (C=O) groups is 1. The third-order valence-corrected chi connectivity index (χ3v) is 7.03. The molecule has 0 aliphatic carbocycles. The zero-order chi connectivity index (χ0) is 26.4. The largest absolute Gasteiger partial charge is 0.489 e. The predicted octanol–water partition coefficient (Wildman–Crippen LogP) is 6.56. The Morgan fingerprint density at radius 2 is 2.08 bits per heavy atom. The molecule has 1 aliphatic heterocycles. The fourth-order valence-corrected chi connectivity index (χ4v) is 4.99. The fraction of sp³-hybridized carbons (Fsp3) is 0.296. The lowest BCUT2D eigenvalue weighted by atomic mass is 9.96. The van der Waals surface area contributed by atoms with Crippen molar-refractivity contribution in [1.29, 1.82) is 0 Å². The van der Waals surface area contributed by atoms with E-state index in [2.05, 4.69) is 23.8 Å². The van der Waals surface area contributed by atoms with Gasteiger partial charge in [0.15, 0.2) is 0 Å². The number of unbranched alkanes of at least 4 members (excludes halogenated alkanes) is 1. The van der Waals surface area contributed by atoms with Gasteiger partial charge in [-0.2, -0.15) is 4.98 Å². The molecule has 0 radical (unpaired) electrons. The zero-order valence-electron chi connectivity index (χ0n) is 20.7. The SMILES string of the molecule is C=CCOC(=O)C1=C(C)Nc2nc(SCCCC)nn2C1c1ccc(OCc2c(F)cccc2Cl)cc1. The van der Waals surface area contributed by atoms with Crippen LogP contribution in [-0.2, 0) is 16.1 Å². The van der Waals surface area contributed by atoms with Crippen molar-refractivity contribution in [3.8, 4) is 5.75 Å². The molecule has 37 heavy (non-hydrogen) atoms. The minimum atomic E-state index is -0.559. The van der Waals surface area contributed by atoms with Gasteiger partial charge >= 0.3 is 5.97 Å². The van der Waals surface area contributed by atoms with E-state index >= 15 is 0 Å². The van der Waals surface area contributed by atoms with E-state index in [9.17, 15) is 9.18 Å². The molecule has 1 N–H and O–H groups in total. The van der Waals surface area contributed by atoms with Crippen LogP contribution in [0.3, 0.4) is 0 Å². The molecule has 2 aromatic carbocycles. The average molecular weight is 543 g/mol. The average Bonchev–Trinajstić information content (AvgIpc) is 3.29. The molecular weight excluding hydrogens is 515 g/mol. The first-order chi connectivity index (χ1) is 17.9. The number of rotatable bonds is 11. The second-order valence-corrected chi connectivity index (χ2v) is 9.85. The molecule has 0 spiro atoms. The highest BCUT2D eigenvalue weighted by molar-refractivity contribution is 7.99. The van der Waals surface area contributed by atoms with Gasteiger partial charge in [-0.05, 0) is 43.2 Å². The number of carbonyl (C=O) groups excluding carboxylic acids is 1. The minimum absolute atomic E-state index is 0.0120. The number of allylic oxidation sites excluding steroid dienone is 1. The standard InChI is InChI=1S/C27H28ClFN4O3S/c1-4-6-15-37-27-31-26-30-17(3)23(25(34)35-14-5-2)24(33(26)32-27)18-10-12-19(13-11-18)36-16-20-21(28)8-7-9-22(20)29/h5,7-13,24H,2,4,6,14-16H2,1,3H3,(H,30,31,32). The van der Waals surface area contributed by atoms with Crippen LogP contribution in [0.5, 0.6) is 5.75 Å². The smallest absolute Gasteiger partial charge is 0.338 e. The number of aromatic nitrogens is 3. The van der Waals surface area contributed by atoms with Crippen molar-refractivity contribution in [2.24, 2.45) is 0 Å². The molecule has 0 saturated carbocycles. The van der Waals surface area contributed by atoms with E-state index in [4.69, 9.17) is 26.2 Å². The maximum absolute atomic E-state index is 14.1. The van der Waals surface area contributed by atoms with Crippen LogP contribution in [0.2, 0.25) is 5.02 Å². The Morgan fingerprint density at radius 1 is 1.30 bits per heavy atom. The number of esters is 1. The Labute approximate surface area is 224 Å². The summed E-state index contributed by atoms with van der Waals surface area (Å²) in [6, 6.07) is 11.2. The molecule has 2 heterocycles. The van der Waals surface area contributed by atoms with Gasteiger partial charge in [-0.1, -0.05) is 67.6 Å². The first-order valence-corrected chi connectivity index (χ1v) is 13.3. The normalized spacial score (nSPS) is 14.6. The van der Waals surface area contributed by atoms with Crippen molar-refractivity contribution < 1.29 is 18.7 Å². The molecule has 0 saturated heterocycles. The van der Waals surface area contributed by atoms with Crippen molar-refractivity contribution in [3.63, 3.8) is 0 Å². The Morgan fingerprint density at radius 3 is 2.78 bits per heavy atom. The van der Waals surface area contributed by atoms with Crippen LogP contribution in [0.1, 0.15) is 43.9 Å². The first kappa shape index (κ1) is 26.8. The summed E-state index contributed by atoms with van der Waals surface area (Å²) in [5.41, 5.74) is 2.14. The molecule has 1 aromatic heterocycles. The zero-order valence-corrected chi connectivity index (χ0v) is 22.2. The van der Waals surface area contributed by atoms with Gasteiger partial charge in [-0.25, -0.2) is 13.9 Å². The van der Waals surface area contributed by atoms with Crippen molar-refractivity contribution in [2.75, 3.05) is 17.7 Å². The van der Waals surface area contributed by atoms with Crippen LogP contribution in [0.4, 0.5) is 10.3 Å². The number of thioether (sulfide) groups is 1. The lowest BCUT2D eigenvalue weighted by molar-refractivity contribution is -0.138. The van der Waals surface area contributed by atoms with E-state index in [1.165, 1.54) is 12.1 Å². The highest BCUT2D eigenvalue weighted by Gasteiger charge is 2.35. The lowest BCUT2D eigenvalue weighted by Crippen LogP contribution is -2.29. The first-order valence-electron chi connectivity index (χ1n) is 11.9. The van der Waals surface area contributed by atoms with Crippen molar-refractivity contribution in [3.05, 3.63) is 88.4 Å². The summed E-state index contributed by atoms with van der Waals surface area (Å²) in [4.78, 5) is 17.7. The molecule has 0 amide bonds. The van der Waals surface area contributed by atoms with Gasteiger partial charge in [0.05, 0.1) is 10.6 Å². The molecule has 0 fully saturated rings. The molecule has 7 nitrogen and oxygen atoms in total. The van der Waals surface area contributed by atoms with Gasteiger partial charge in [0, 0.05) is 17.0 Å². The molecule has 1 aliphatic rings. The number of anilines is 1. The van der Waals surface area contributed by atoms with E-state index in [0.29, 0.717) is 33.1 Å². The number of hydrogen-bond donors (Lipinski definition) is 1. The highest BCUT2D eigenvalue weighted by atomic mass is 35.5. The van der Waals surface area contributed by atoms with Crippen molar-refractivity contribution in [2.45, 2.75) is 44.5 Å². The number of ether oxygens (including phenoxy) is 2. The topological polar surface area (TPSA) is 78.3 Å². The summed E-state index contributed by atoms with van der Waals surface area (Å²) in [6.45, 7) is 7.66. The molecule has 3 aromatic rings. The lowest BCUT2D eigenvalue weighted by Gasteiger charge is -2.28. The second kappa shape index (κ2) is 12.3. The Bertz CT molecular complexity index is 1290. The van der Waals surface area contributed by atoms with Crippen LogP contribution in [0.25, 0.3) is 0 Å². The maximum Gasteiger partial charge on any atom is 0.338 e. The van der Waals surface area contributed by atoms with Gasteiger partial charge in [-0.3, -0.25) is 0 Å². The number of halogens is 2. The predicted molar refractivity (Wildman–Crippen MR) is 143 cm³/mol. The summed E-state index contributed by atoms with van der Waals surface area (Å²) in [5.74, 6) is 1.10. The Hall–Kier alpha value is -3.30. The van der Waals surface area contributed by atoms with Gasteiger partial charge in [0.1, 0.15) is 30.8 Å². The number of benzene rings is 2. The van der Waals surface area contributed by atoms with E-state index in [-0.39, 0.29) is 18.8 Å². The number of nitrogens with zero attached hydrogens (tertiary/aromatic N) is 3. The van der Waals surface area contributed by atoms with Crippen LogP contribution in [0.15, 0.2) is 71.5 Å². The van der Waals surface area contributed by atoms with E-state index < -0.39 is 17.8 Å². The number of hydrogen-bond acceptors (Lipinski definition) is 7. The van der Waals surface area contributed by atoms with E-state index in [1.807, 2.05) is 19.1 Å². The van der Waals surface area contributed by atoms with Gasteiger partial charge in [0.25, 0.3) is 0 Å². The summed E-state index contributed by atoms with van der Waals surface area (Å²) in [7, 11) is 0. The fourth-order valence-electron chi connectivity index (χ4n) is 3.86.